The zero-order chi connectivity index (χ0) is 11.1. The van der Waals surface area contributed by atoms with Gasteiger partial charge in [0.1, 0.15) is 0 Å². The summed E-state index contributed by atoms with van der Waals surface area (Å²) in [4.78, 5) is 0. The van der Waals surface area contributed by atoms with Crippen LogP contribution in [0.3, 0.4) is 0 Å². The van der Waals surface area contributed by atoms with E-state index in [1.54, 1.807) is 0 Å². The van der Waals surface area contributed by atoms with Crippen molar-refractivity contribution in [1.29, 1.82) is 0 Å². The van der Waals surface area contributed by atoms with E-state index in [0.29, 0.717) is 0 Å². The zero-order valence-corrected chi connectivity index (χ0v) is 9.58. The molecule has 0 aliphatic carbocycles. The first kappa shape index (κ1) is 11.8. The lowest BCUT2D eigenvalue weighted by molar-refractivity contribution is 0.480. The van der Waals surface area contributed by atoms with E-state index >= 15 is 0 Å². The van der Waals surface area contributed by atoms with Crippen LogP contribution in [0.5, 0.6) is 0 Å². The van der Waals surface area contributed by atoms with Gasteiger partial charge in [0.2, 0.25) is 0 Å². The fourth-order valence-corrected chi connectivity index (χ4v) is 1.61. The van der Waals surface area contributed by atoms with Gasteiger partial charge in [0.05, 0.1) is 0 Å². The second-order valence-electron chi connectivity index (χ2n) is 4.25. The molecule has 0 atom stereocenters. The van der Waals surface area contributed by atoms with Crippen molar-refractivity contribution in [3.63, 3.8) is 0 Å². The van der Waals surface area contributed by atoms with E-state index in [4.69, 9.17) is 0 Å². The van der Waals surface area contributed by atoms with Gasteiger partial charge in [0, 0.05) is 5.41 Å². The maximum atomic E-state index is 3.86. The molecular weight excluding hydrogens is 180 g/mol. The molecular formula is C15H20. The van der Waals surface area contributed by atoms with Crippen LogP contribution in [0.2, 0.25) is 0 Å². The minimum absolute atomic E-state index is 0.0920. The fraction of sp³-hybridized carbons (Fsp3) is 0.333. The number of allylic oxidation sites excluding steroid dienone is 2. The molecule has 15 heavy (non-hydrogen) atoms. The Labute approximate surface area is 93.3 Å². The third kappa shape index (κ3) is 3.75. The topological polar surface area (TPSA) is 0 Å². The van der Waals surface area contributed by atoms with Gasteiger partial charge in [0.15, 0.2) is 0 Å². The highest BCUT2D eigenvalue weighted by Crippen LogP contribution is 2.26. The molecule has 0 nitrogen and oxygen atoms in total. The van der Waals surface area contributed by atoms with Crippen LogP contribution in [0.4, 0.5) is 0 Å². The molecule has 0 saturated carbocycles. The Balaban J connectivity index is 2.39. The molecule has 0 aliphatic heterocycles. The van der Waals surface area contributed by atoms with Gasteiger partial charge in [-0.2, -0.15) is 0 Å². The predicted molar refractivity (Wildman–Crippen MR) is 67.9 cm³/mol. The van der Waals surface area contributed by atoms with Crippen LogP contribution in [0, 0.1) is 5.41 Å². The third-order valence-corrected chi connectivity index (χ3v) is 2.96. The van der Waals surface area contributed by atoms with E-state index < -0.39 is 0 Å². The Hall–Kier alpha value is -1.30. The van der Waals surface area contributed by atoms with Crippen LogP contribution in [-0.2, 0) is 6.42 Å². The Morgan fingerprint density at radius 2 is 1.73 bits per heavy atom. The summed E-state index contributed by atoms with van der Waals surface area (Å²) in [5.74, 6) is 0. The smallest absolute Gasteiger partial charge is 0.00274 e. The molecule has 0 aromatic heterocycles. The molecule has 1 rings (SSSR count). The van der Waals surface area contributed by atoms with Gasteiger partial charge >= 0.3 is 0 Å². The molecule has 0 radical (unpaired) electrons. The number of benzene rings is 1. The molecule has 0 unspecified atom stereocenters. The zero-order valence-electron chi connectivity index (χ0n) is 9.58. The predicted octanol–water partition coefficient (Wildman–Crippen LogP) is 4.39. The molecule has 0 spiro atoms. The normalized spacial score (nSPS) is 11.0. The van der Waals surface area contributed by atoms with Gasteiger partial charge < -0.3 is 0 Å². The fourth-order valence-electron chi connectivity index (χ4n) is 1.61. The maximum Gasteiger partial charge on any atom is 0.00274 e. The van der Waals surface area contributed by atoms with Crippen LogP contribution < -0.4 is 0 Å². The van der Waals surface area contributed by atoms with Gasteiger partial charge in [-0.25, -0.2) is 0 Å². The lowest BCUT2D eigenvalue weighted by Crippen LogP contribution is -2.08. The summed E-state index contributed by atoms with van der Waals surface area (Å²) in [5.41, 5.74) is 1.50. The van der Waals surface area contributed by atoms with Crippen LogP contribution >= 0.6 is 0 Å². The molecule has 0 fully saturated rings. The average molecular weight is 200 g/mol. The summed E-state index contributed by atoms with van der Waals surface area (Å²) in [5, 5.41) is 0. The van der Waals surface area contributed by atoms with E-state index in [0.717, 1.165) is 12.8 Å². The Morgan fingerprint density at radius 3 is 2.27 bits per heavy atom. The Morgan fingerprint density at radius 1 is 1.13 bits per heavy atom. The van der Waals surface area contributed by atoms with E-state index in [9.17, 15) is 0 Å². The molecule has 1 aromatic carbocycles. The van der Waals surface area contributed by atoms with Crippen LogP contribution in [0.15, 0.2) is 55.6 Å². The number of hydrogen-bond donors (Lipinski definition) is 0. The second-order valence-corrected chi connectivity index (χ2v) is 4.25. The quantitative estimate of drug-likeness (QED) is 0.597. The largest absolute Gasteiger partial charge is 0.102 e. The highest BCUT2D eigenvalue weighted by atomic mass is 14.2. The molecule has 0 saturated heterocycles. The van der Waals surface area contributed by atoms with Crippen molar-refractivity contribution in [2.75, 3.05) is 0 Å². The first-order chi connectivity index (χ1) is 7.20. The monoisotopic (exact) mass is 200 g/mol. The first-order valence-corrected chi connectivity index (χ1v) is 5.51. The average Bonchev–Trinajstić information content (AvgIpc) is 2.30. The third-order valence-electron chi connectivity index (χ3n) is 2.96. The Kier molecular flexibility index (Phi) is 4.36. The van der Waals surface area contributed by atoms with Crippen molar-refractivity contribution in [1.82, 2.24) is 0 Å². The van der Waals surface area contributed by atoms with Gasteiger partial charge in [-0.15, -0.1) is 13.2 Å². The second kappa shape index (κ2) is 5.55. The van der Waals surface area contributed by atoms with E-state index in [1.165, 1.54) is 12.0 Å². The Bertz CT molecular complexity index is 300. The van der Waals surface area contributed by atoms with Gasteiger partial charge in [-0.05, 0) is 24.8 Å². The van der Waals surface area contributed by atoms with Crippen molar-refractivity contribution in [3.8, 4) is 0 Å². The molecule has 80 valence electrons. The van der Waals surface area contributed by atoms with Crippen LogP contribution in [-0.4, -0.2) is 0 Å². The van der Waals surface area contributed by atoms with Crippen molar-refractivity contribution < 1.29 is 0 Å². The highest BCUT2D eigenvalue weighted by molar-refractivity contribution is 5.15. The summed E-state index contributed by atoms with van der Waals surface area (Å²) in [6.07, 6.45) is 7.42. The molecule has 0 amide bonds. The van der Waals surface area contributed by atoms with Crippen LogP contribution in [0.1, 0.15) is 25.3 Å². The SMILES string of the molecule is C=CC(C)(C=C)CCCc1ccccc1. The first-order valence-electron chi connectivity index (χ1n) is 5.51. The number of aryl methyl sites for hydroxylation is 1. The van der Waals surface area contributed by atoms with Crippen LogP contribution in [0.25, 0.3) is 0 Å². The van der Waals surface area contributed by atoms with Crippen molar-refractivity contribution in [2.45, 2.75) is 26.2 Å². The molecule has 0 bridgehead atoms. The molecule has 1 aromatic rings. The summed E-state index contributed by atoms with van der Waals surface area (Å²) in [6.45, 7) is 9.89. The molecule has 0 heterocycles. The maximum absolute atomic E-state index is 3.86. The van der Waals surface area contributed by atoms with E-state index in [2.05, 4.69) is 50.4 Å². The molecule has 0 aliphatic rings. The van der Waals surface area contributed by atoms with Crippen molar-refractivity contribution >= 4 is 0 Å². The van der Waals surface area contributed by atoms with E-state index in [-0.39, 0.29) is 5.41 Å². The van der Waals surface area contributed by atoms with Gasteiger partial charge in [-0.1, -0.05) is 49.4 Å². The lowest BCUT2D eigenvalue weighted by Gasteiger charge is -2.20. The highest BCUT2D eigenvalue weighted by Gasteiger charge is 2.14. The summed E-state index contributed by atoms with van der Waals surface area (Å²) in [6, 6.07) is 10.6. The van der Waals surface area contributed by atoms with Gasteiger partial charge in [0.25, 0.3) is 0 Å². The summed E-state index contributed by atoms with van der Waals surface area (Å²) < 4.78 is 0. The minimum Gasteiger partial charge on any atom is -0.102 e. The van der Waals surface area contributed by atoms with Crippen molar-refractivity contribution in [3.05, 3.63) is 61.2 Å². The molecule has 0 N–H and O–H groups in total. The minimum atomic E-state index is 0.0920. The molecule has 0 heteroatoms. The lowest BCUT2D eigenvalue weighted by atomic mass is 9.85. The standard InChI is InChI=1S/C15H20/c1-4-15(3,5-2)13-9-12-14-10-7-6-8-11-14/h4-8,10-11H,1-2,9,12-13H2,3H3. The number of hydrogen-bond acceptors (Lipinski definition) is 0. The summed E-state index contributed by atoms with van der Waals surface area (Å²) >= 11 is 0. The number of rotatable bonds is 6. The van der Waals surface area contributed by atoms with E-state index in [1.807, 2.05) is 12.2 Å². The van der Waals surface area contributed by atoms with Gasteiger partial charge in [-0.3, -0.25) is 0 Å². The van der Waals surface area contributed by atoms with Crippen molar-refractivity contribution in [2.24, 2.45) is 5.41 Å². The summed E-state index contributed by atoms with van der Waals surface area (Å²) in [7, 11) is 0.